The standard InChI is InChI=1S/C8H13NO/c1-7-2-4-9-8(7)3-5-10-6-8/h2,9H,3-6H2,1H3. The summed E-state index contributed by atoms with van der Waals surface area (Å²) in [6.45, 7) is 5.00. The van der Waals surface area contributed by atoms with Crippen molar-refractivity contribution in [2.24, 2.45) is 0 Å². The van der Waals surface area contributed by atoms with Gasteiger partial charge < -0.3 is 10.1 Å². The van der Waals surface area contributed by atoms with Gasteiger partial charge in [-0.05, 0) is 13.3 Å². The van der Waals surface area contributed by atoms with E-state index in [0.29, 0.717) is 0 Å². The largest absolute Gasteiger partial charge is 0.379 e. The zero-order valence-corrected chi connectivity index (χ0v) is 6.31. The lowest BCUT2D eigenvalue weighted by molar-refractivity contribution is 0.179. The molecule has 2 aliphatic rings. The summed E-state index contributed by atoms with van der Waals surface area (Å²) in [5.74, 6) is 0. The van der Waals surface area contributed by atoms with Gasteiger partial charge in [-0.1, -0.05) is 11.6 Å². The van der Waals surface area contributed by atoms with Gasteiger partial charge >= 0.3 is 0 Å². The zero-order chi connectivity index (χ0) is 7.03. The molecule has 2 rings (SSSR count). The fourth-order valence-electron chi connectivity index (χ4n) is 1.75. The highest BCUT2D eigenvalue weighted by Crippen LogP contribution is 2.29. The summed E-state index contributed by atoms with van der Waals surface area (Å²) in [4.78, 5) is 0. The SMILES string of the molecule is CC1=CCNC12CCOC2. The van der Waals surface area contributed by atoms with E-state index in [0.717, 1.165) is 26.2 Å². The Morgan fingerprint density at radius 3 is 3.10 bits per heavy atom. The Bertz CT molecular complexity index is 168. The minimum absolute atomic E-state index is 0.236. The van der Waals surface area contributed by atoms with E-state index in [2.05, 4.69) is 18.3 Å². The van der Waals surface area contributed by atoms with Crippen LogP contribution in [0.25, 0.3) is 0 Å². The summed E-state index contributed by atoms with van der Waals surface area (Å²) in [6, 6.07) is 0. The summed E-state index contributed by atoms with van der Waals surface area (Å²) < 4.78 is 5.35. The van der Waals surface area contributed by atoms with Crippen LogP contribution in [0, 0.1) is 0 Å². The first-order valence-corrected chi connectivity index (χ1v) is 3.83. The van der Waals surface area contributed by atoms with Gasteiger partial charge in [0.25, 0.3) is 0 Å². The van der Waals surface area contributed by atoms with Crippen molar-refractivity contribution in [3.05, 3.63) is 11.6 Å². The number of hydrogen-bond donors (Lipinski definition) is 1. The normalized spacial score (nSPS) is 39.1. The lowest BCUT2D eigenvalue weighted by Crippen LogP contribution is -2.42. The van der Waals surface area contributed by atoms with Crippen molar-refractivity contribution >= 4 is 0 Å². The molecule has 56 valence electrons. The van der Waals surface area contributed by atoms with E-state index >= 15 is 0 Å². The molecule has 1 unspecified atom stereocenters. The third kappa shape index (κ3) is 0.724. The smallest absolute Gasteiger partial charge is 0.0687 e. The topological polar surface area (TPSA) is 21.3 Å². The first-order valence-electron chi connectivity index (χ1n) is 3.83. The number of hydrogen-bond acceptors (Lipinski definition) is 2. The molecule has 1 fully saturated rings. The zero-order valence-electron chi connectivity index (χ0n) is 6.31. The van der Waals surface area contributed by atoms with Crippen molar-refractivity contribution in [3.63, 3.8) is 0 Å². The molecular weight excluding hydrogens is 126 g/mol. The van der Waals surface area contributed by atoms with E-state index in [1.807, 2.05) is 0 Å². The molecule has 2 heterocycles. The van der Waals surface area contributed by atoms with E-state index in [4.69, 9.17) is 4.74 Å². The molecule has 0 amide bonds. The number of nitrogens with one attached hydrogen (secondary N) is 1. The molecule has 1 spiro atoms. The minimum Gasteiger partial charge on any atom is -0.379 e. The lowest BCUT2D eigenvalue weighted by Gasteiger charge is -2.23. The molecule has 0 aliphatic carbocycles. The van der Waals surface area contributed by atoms with Gasteiger partial charge in [0.15, 0.2) is 0 Å². The molecule has 0 saturated carbocycles. The number of rotatable bonds is 0. The van der Waals surface area contributed by atoms with Crippen LogP contribution in [0.5, 0.6) is 0 Å². The van der Waals surface area contributed by atoms with Gasteiger partial charge in [-0.15, -0.1) is 0 Å². The van der Waals surface area contributed by atoms with Crippen molar-refractivity contribution < 1.29 is 4.74 Å². The Labute approximate surface area is 61.3 Å². The molecule has 1 saturated heterocycles. The van der Waals surface area contributed by atoms with Gasteiger partial charge in [-0.2, -0.15) is 0 Å². The van der Waals surface area contributed by atoms with E-state index in [-0.39, 0.29) is 5.54 Å². The van der Waals surface area contributed by atoms with Crippen LogP contribution in [0.2, 0.25) is 0 Å². The third-order valence-electron chi connectivity index (χ3n) is 2.63. The van der Waals surface area contributed by atoms with Crippen LogP contribution in [-0.4, -0.2) is 25.3 Å². The Morgan fingerprint density at radius 2 is 2.60 bits per heavy atom. The minimum atomic E-state index is 0.236. The van der Waals surface area contributed by atoms with Gasteiger partial charge in [0, 0.05) is 13.2 Å². The highest BCUT2D eigenvalue weighted by Gasteiger charge is 2.38. The molecule has 0 aromatic heterocycles. The Kier molecular flexibility index (Phi) is 1.32. The lowest BCUT2D eigenvalue weighted by atomic mass is 9.93. The van der Waals surface area contributed by atoms with E-state index in [9.17, 15) is 0 Å². The molecule has 10 heavy (non-hydrogen) atoms. The second-order valence-electron chi connectivity index (χ2n) is 3.15. The molecular formula is C8H13NO. The van der Waals surface area contributed by atoms with Crippen molar-refractivity contribution in [1.29, 1.82) is 0 Å². The van der Waals surface area contributed by atoms with Crippen LogP contribution in [0.1, 0.15) is 13.3 Å². The monoisotopic (exact) mass is 139 g/mol. The highest BCUT2D eigenvalue weighted by atomic mass is 16.5. The predicted octanol–water partition coefficient (Wildman–Crippen LogP) is 0.695. The van der Waals surface area contributed by atoms with Crippen LogP contribution in [0.4, 0.5) is 0 Å². The average molecular weight is 139 g/mol. The van der Waals surface area contributed by atoms with Gasteiger partial charge in [0.2, 0.25) is 0 Å². The molecule has 1 N–H and O–H groups in total. The summed E-state index contributed by atoms with van der Waals surface area (Å²) in [7, 11) is 0. The van der Waals surface area contributed by atoms with Crippen LogP contribution < -0.4 is 5.32 Å². The maximum atomic E-state index is 5.35. The van der Waals surface area contributed by atoms with Gasteiger partial charge in [0.1, 0.15) is 0 Å². The van der Waals surface area contributed by atoms with Crippen molar-refractivity contribution in [2.75, 3.05) is 19.8 Å². The molecule has 0 bridgehead atoms. The highest BCUT2D eigenvalue weighted by molar-refractivity contribution is 5.25. The first kappa shape index (κ1) is 6.38. The van der Waals surface area contributed by atoms with Crippen molar-refractivity contribution in [2.45, 2.75) is 18.9 Å². The number of ether oxygens (including phenoxy) is 1. The summed E-state index contributed by atoms with van der Waals surface area (Å²) in [5, 5.41) is 3.46. The van der Waals surface area contributed by atoms with Gasteiger partial charge in [0.05, 0.1) is 12.1 Å². The summed E-state index contributed by atoms with van der Waals surface area (Å²) >= 11 is 0. The fourth-order valence-corrected chi connectivity index (χ4v) is 1.75. The van der Waals surface area contributed by atoms with Crippen LogP contribution in [0.15, 0.2) is 11.6 Å². The summed E-state index contributed by atoms with van der Waals surface area (Å²) in [5.41, 5.74) is 1.70. The second kappa shape index (κ2) is 2.07. The van der Waals surface area contributed by atoms with Crippen LogP contribution >= 0.6 is 0 Å². The first-order chi connectivity index (χ1) is 4.83. The van der Waals surface area contributed by atoms with Crippen LogP contribution in [0.3, 0.4) is 0 Å². The Balaban J connectivity index is 2.21. The Morgan fingerprint density at radius 1 is 1.70 bits per heavy atom. The van der Waals surface area contributed by atoms with E-state index in [1.165, 1.54) is 5.57 Å². The van der Waals surface area contributed by atoms with Gasteiger partial charge in [-0.3, -0.25) is 0 Å². The summed E-state index contributed by atoms with van der Waals surface area (Å²) in [6.07, 6.45) is 3.41. The molecule has 2 aliphatic heterocycles. The maximum Gasteiger partial charge on any atom is 0.0687 e. The Hall–Kier alpha value is -0.340. The molecule has 0 aromatic carbocycles. The average Bonchev–Trinajstić information content (AvgIpc) is 2.48. The van der Waals surface area contributed by atoms with Crippen LogP contribution in [-0.2, 0) is 4.74 Å². The quantitative estimate of drug-likeness (QED) is 0.499. The third-order valence-corrected chi connectivity index (χ3v) is 2.63. The molecule has 0 radical (unpaired) electrons. The molecule has 0 aromatic rings. The molecule has 1 atom stereocenters. The molecule has 2 heteroatoms. The van der Waals surface area contributed by atoms with Crippen molar-refractivity contribution in [1.82, 2.24) is 5.32 Å². The second-order valence-corrected chi connectivity index (χ2v) is 3.15. The maximum absolute atomic E-state index is 5.35. The van der Waals surface area contributed by atoms with Gasteiger partial charge in [-0.25, -0.2) is 0 Å². The fraction of sp³-hybridized carbons (Fsp3) is 0.750. The van der Waals surface area contributed by atoms with E-state index in [1.54, 1.807) is 0 Å². The van der Waals surface area contributed by atoms with Crippen molar-refractivity contribution in [3.8, 4) is 0 Å². The predicted molar refractivity (Wildman–Crippen MR) is 39.9 cm³/mol. The van der Waals surface area contributed by atoms with E-state index < -0.39 is 0 Å². The molecule has 2 nitrogen and oxygen atoms in total.